The van der Waals surface area contributed by atoms with Gasteiger partial charge in [-0.3, -0.25) is 0 Å². The summed E-state index contributed by atoms with van der Waals surface area (Å²) >= 11 is 15.6. The molecule has 0 fully saturated rings. The van der Waals surface area contributed by atoms with Crippen molar-refractivity contribution in [2.45, 2.75) is 19.6 Å². The van der Waals surface area contributed by atoms with Crippen LogP contribution in [0.25, 0.3) is 11.0 Å². The van der Waals surface area contributed by atoms with E-state index in [2.05, 4.69) is 26.2 Å². The monoisotopic (exact) mass is 401 g/mol. The SMILES string of the molecule is C[C@H](c1ccc(Cl)cc1Cl)n1nnc2c(CF)cc(Br)cc21. The Bertz CT molecular complexity index is 850. The molecule has 0 radical (unpaired) electrons. The summed E-state index contributed by atoms with van der Waals surface area (Å²) in [4.78, 5) is 0. The average molecular weight is 403 g/mol. The fraction of sp³-hybridized carbons (Fsp3) is 0.200. The number of hydrogen-bond donors (Lipinski definition) is 0. The summed E-state index contributed by atoms with van der Waals surface area (Å²) in [6.07, 6.45) is 0. The van der Waals surface area contributed by atoms with E-state index in [1.807, 2.05) is 19.1 Å². The summed E-state index contributed by atoms with van der Waals surface area (Å²) in [5, 5.41) is 9.42. The van der Waals surface area contributed by atoms with Crippen LogP contribution in [0.3, 0.4) is 0 Å². The molecule has 22 heavy (non-hydrogen) atoms. The van der Waals surface area contributed by atoms with Gasteiger partial charge in [-0.25, -0.2) is 9.07 Å². The number of aromatic nitrogens is 3. The molecule has 114 valence electrons. The lowest BCUT2D eigenvalue weighted by Gasteiger charge is -2.15. The Balaban J connectivity index is 2.15. The zero-order chi connectivity index (χ0) is 15.9. The summed E-state index contributed by atoms with van der Waals surface area (Å²) in [5.41, 5.74) is 2.69. The minimum absolute atomic E-state index is 0.156. The largest absolute Gasteiger partial charge is 0.246 e. The second-order valence-corrected chi connectivity index (χ2v) is 6.70. The molecule has 0 saturated carbocycles. The fourth-order valence-corrected chi connectivity index (χ4v) is 3.49. The maximum atomic E-state index is 13.1. The van der Waals surface area contributed by atoms with Crippen LogP contribution in [0.15, 0.2) is 34.8 Å². The highest BCUT2D eigenvalue weighted by Gasteiger charge is 2.18. The lowest BCUT2D eigenvalue weighted by Crippen LogP contribution is -2.09. The summed E-state index contributed by atoms with van der Waals surface area (Å²) in [6.45, 7) is 1.37. The van der Waals surface area contributed by atoms with Gasteiger partial charge in [-0.1, -0.05) is 50.4 Å². The van der Waals surface area contributed by atoms with Gasteiger partial charge in [0.15, 0.2) is 0 Å². The normalized spacial score (nSPS) is 12.8. The van der Waals surface area contributed by atoms with Gasteiger partial charge in [0.2, 0.25) is 0 Å². The molecule has 0 unspecified atom stereocenters. The van der Waals surface area contributed by atoms with Crippen molar-refractivity contribution >= 4 is 50.2 Å². The Morgan fingerprint density at radius 2 is 2.05 bits per heavy atom. The quantitative estimate of drug-likeness (QED) is 0.572. The highest BCUT2D eigenvalue weighted by Crippen LogP contribution is 2.31. The van der Waals surface area contributed by atoms with Gasteiger partial charge in [-0.05, 0) is 36.8 Å². The Morgan fingerprint density at radius 3 is 2.73 bits per heavy atom. The first-order chi connectivity index (χ1) is 10.5. The summed E-state index contributed by atoms with van der Waals surface area (Å²) in [6, 6.07) is 8.75. The van der Waals surface area contributed by atoms with Gasteiger partial charge in [0.1, 0.15) is 12.2 Å². The predicted octanol–water partition coefficient (Wildman–Crippen LogP) is 5.58. The van der Waals surface area contributed by atoms with Crippen LogP contribution in [0.5, 0.6) is 0 Å². The molecule has 7 heteroatoms. The van der Waals surface area contributed by atoms with Crippen molar-refractivity contribution in [2.24, 2.45) is 0 Å². The summed E-state index contributed by atoms with van der Waals surface area (Å²) < 4.78 is 15.7. The van der Waals surface area contributed by atoms with Gasteiger partial charge in [0.05, 0.1) is 11.6 Å². The zero-order valence-corrected chi connectivity index (χ0v) is 14.6. The minimum atomic E-state index is -0.593. The fourth-order valence-electron chi connectivity index (χ4n) is 2.43. The Hall–Kier alpha value is -1.17. The molecule has 0 spiro atoms. The Kier molecular flexibility index (Phi) is 4.39. The van der Waals surface area contributed by atoms with Crippen molar-refractivity contribution in [1.29, 1.82) is 0 Å². The first-order valence-corrected chi connectivity index (χ1v) is 8.10. The number of benzene rings is 2. The van der Waals surface area contributed by atoms with Crippen LogP contribution in [0.4, 0.5) is 4.39 Å². The van der Waals surface area contributed by atoms with E-state index in [-0.39, 0.29) is 6.04 Å². The number of halogens is 4. The second-order valence-electron chi connectivity index (χ2n) is 4.94. The molecule has 3 rings (SSSR count). The molecule has 2 aromatic carbocycles. The van der Waals surface area contributed by atoms with Crippen molar-refractivity contribution in [3.05, 3.63) is 56.0 Å². The van der Waals surface area contributed by atoms with Gasteiger partial charge >= 0.3 is 0 Å². The first-order valence-electron chi connectivity index (χ1n) is 6.55. The highest BCUT2D eigenvalue weighted by molar-refractivity contribution is 9.10. The third-order valence-electron chi connectivity index (χ3n) is 3.54. The number of nitrogens with zero attached hydrogens (tertiary/aromatic N) is 3. The van der Waals surface area contributed by atoms with Gasteiger partial charge in [0, 0.05) is 20.1 Å². The van der Waals surface area contributed by atoms with E-state index >= 15 is 0 Å². The van der Waals surface area contributed by atoms with Crippen LogP contribution < -0.4 is 0 Å². The van der Waals surface area contributed by atoms with Crippen molar-refractivity contribution in [3.8, 4) is 0 Å². The maximum Gasteiger partial charge on any atom is 0.119 e. The van der Waals surface area contributed by atoms with Gasteiger partial charge in [0.25, 0.3) is 0 Å². The topological polar surface area (TPSA) is 30.7 Å². The van der Waals surface area contributed by atoms with Crippen LogP contribution >= 0.6 is 39.1 Å². The molecular weight excluding hydrogens is 392 g/mol. The van der Waals surface area contributed by atoms with E-state index in [4.69, 9.17) is 23.2 Å². The summed E-state index contributed by atoms with van der Waals surface area (Å²) in [7, 11) is 0. The summed E-state index contributed by atoms with van der Waals surface area (Å²) in [5.74, 6) is 0. The van der Waals surface area contributed by atoms with E-state index in [1.165, 1.54) is 0 Å². The first kappa shape index (κ1) is 15.7. The van der Waals surface area contributed by atoms with Gasteiger partial charge < -0.3 is 0 Å². The molecule has 0 saturated heterocycles. The number of rotatable bonds is 3. The van der Waals surface area contributed by atoms with Gasteiger partial charge in [-0.15, -0.1) is 5.10 Å². The lowest BCUT2D eigenvalue weighted by molar-refractivity contribution is 0.487. The molecule has 1 aromatic heterocycles. The van der Waals surface area contributed by atoms with Crippen LogP contribution in [-0.2, 0) is 6.67 Å². The number of fused-ring (bicyclic) bond motifs is 1. The van der Waals surface area contributed by atoms with E-state index in [0.29, 0.717) is 21.1 Å². The number of hydrogen-bond acceptors (Lipinski definition) is 2. The van der Waals surface area contributed by atoms with Crippen LogP contribution in [0.2, 0.25) is 10.0 Å². The number of alkyl halides is 1. The molecule has 0 amide bonds. The third-order valence-corrected chi connectivity index (χ3v) is 4.57. The molecule has 0 aliphatic heterocycles. The Labute approximate surface area is 145 Å². The van der Waals surface area contributed by atoms with Gasteiger partial charge in [-0.2, -0.15) is 0 Å². The molecule has 1 atom stereocenters. The van der Waals surface area contributed by atoms with Crippen molar-refractivity contribution < 1.29 is 4.39 Å². The maximum absolute atomic E-state index is 13.1. The van der Waals surface area contributed by atoms with Crippen molar-refractivity contribution in [2.75, 3.05) is 0 Å². The molecule has 3 nitrogen and oxygen atoms in total. The van der Waals surface area contributed by atoms with Crippen molar-refractivity contribution in [3.63, 3.8) is 0 Å². The molecule has 0 aliphatic carbocycles. The Morgan fingerprint density at radius 1 is 1.27 bits per heavy atom. The standard InChI is InChI=1S/C15H11BrCl2FN3/c1-8(12-3-2-11(17)6-13(12)18)22-14-5-10(16)4-9(7-19)15(14)20-21-22/h2-6,8H,7H2,1H3/t8-/m1/s1. The predicted molar refractivity (Wildman–Crippen MR) is 90.3 cm³/mol. The molecule has 0 N–H and O–H groups in total. The van der Waals surface area contributed by atoms with Crippen molar-refractivity contribution in [1.82, 2.24) is 15.0 Å². The molecule has 1 heterocycles. The average Bonchev–Trinajstić information content (AvgIpc) is 2.89. The smallest absolute Gasteiger partial charge is 0.119 e. The third kappa shape index (κ3) is 2.73. The van der Waals surface area contributed by atoms with Crippen LogP contribution in [0.1, 0.15) is 24.1 Å². The molecule has 3 aromatic rings. The minimum Gasteiger partial charge on any atom is -0.246 e. The van der Waals surface area contributed by atoms with E-state index in [0.717, 1.165) is 15.6 Å². The van der Waals surface area contributed by atoms with E-state index < -0.39 is 6.67 Å². The van der Waals surface area contributed by atoms with Crippen LogP contribution in [0, 0.1) is 0 Å². The molecule has 0 bridgehead atoms. The van der Waals surface area contributed by atoms with E-state index in [9.17, 15) is 4.39 Å². The zero-order valence-electron chi connectivity index (χ0n) is 11.5. The lowest BCUT2D eigenvalue weighted by atomic mass is 10.1. The molecular formula is C15H11BrCl2FN3. The highest BCUT2D eigenvalue weighted by atomic mass is 79.9. The van der Waals surface area contributed by atoms with Crippen LogP contribution in [-0.4, -0.2) is 15.0 Å². The molecule has 0 aliphatic rings. The van der Waals surface area contributed by atoms with E-state index in [1.54, 1.807) is 22.9 Å². The second kappa shape index (κ2) is 6.14.